The molecule has 2 heterocycles. The maximum Gasteiger partial charge on any atom is 0.125 e. The maximum atomic E-state index is 4.29. The van der Waals surface area contributed by atoms with E-state index in [9.17, 15) is 0 Å². The topological polar surface area (TPSA) is 42.7 Å². The van der Waals surface area contributed by atoms with Gasteiger partial charge in [0, 0.05) is 32.1 Å². The number of hydrogen-bond acceptors (Lipinski definition) is 3. The molecule has 0 unspecified atom stereocenters. The van der Waals surface area contributed by atoms with Gasteiger partial charge >= 0.3 is 0 Å². The minimum atomic E-state index is 0.833. The molecule has 0 saturated carbocycles. The molecule has 0 radical (unpaired) electrons. The van der Waals surface area contributed by atoms with Gasteiger partial charge in [0.05, 0.1) is 6.54 Å². The second kappa shape index (κ2) is 4.79. The second-order valence-electron chi connectivity index (χ2n) is 3.63. The largest absolute Gasteiger partial charge is 0.373 e. The summed E-state index contributed by atoms with van der Waals surface area (Å²) in [6.07, 6.45) is 6.69. The highest BCUT2D eigenvalue weighted by Crippen LogP contribution is 2.08. The van der Waals surface area contributed by atoms with Gasteiger partial charge in [-0.2, -0.15) is 0 Å². The van der Waals surface area contributed by atoms with E-state index >= 15 is 0 Å². The zero-order chi connectivity index (χ0) is 11.4. The van der Waals surface area contributed by atoms with E-state index in [1.165, 1.54) is 5.56 Å². The molecule has 84 valence electrons. The van der Waals surface area contributed by atoms with E-state index in [4.69, 9.17) is 0 Å². The summed E-state index contributed by atoms with van der Waals surface area (Å²) < 4.78 is 2.15. The first kappa shape index (κ1) is 10.7. The molecular formula is C12H16N4. The molecule has 0 atom stereocenters. The predicted octanol–water partition coefficient (Wildman–Crippen LogP) is 1.93. The number of rotatable bonds is 4. The maximum absolute atomic E-state index is 4.29. The van der Waals surface area contributed by atoms with Crippen LogP contribution in [-0.4, -0.2) is 21.6 Å². The van der Waals surface area contributed by atoms with Crippen LogP contribution in [0.2, 0.25) is 0 Å². The van der Waals surface area contributed by atoms with Crippen molar-refractivity contribution in [3.8, 4) is 0 Å². The third kappa shape index (κ3) is 2.21. The predicted molar refractivity (Wildman–Crippen MR) is 64.5 cm³/mol. The van der Waals surface area contributed by atoms with E-state index < -0.39 is 0 Å². The molecule has 4 heteroatoms. The number of imidazole rings is 1. The lowest BCUT2D eigenvalue weighted by molar-refractivity contribution is 0.730. The molecule has 16 heavy (non-hydrogen) atoms. The molecule has 0 aliphatic heterocycles. The Morgan fingerprint density at radius 2 is 2.19 bits per heavy atom. The van der Waals surface area contributed by atoms with Gasteiger partial charge in [-0.25, -0.2) is 9.97 Å². The van der Waals surface area contributed by atoms with Gasteiger partial charge in [0.25, 0.3) is 0 Å². The van der Waals surface area contributed by atoms with Crippen LogP contribution in [0.4, 0.5) is 5.82 Å². The van der Waals surface area contributed by atoms with Crippen molar-refractivity contribution in [2.45, 2.75) is 19.9 Å². The van der Waals surface area contributed by atoms with Crippen LogP contribution < -0.4 is 5.32 Å². The Hall–Kier alpha value is -1.84. The molecule has 4 nitrogen and oxygen atoms in total. The van der Waals surface area contributed by atoms with Gasteiger partial charge in [0.15, 0.2) is 0 Å². The average molecular weight is 216 g/mol. The van der Waals surface area contributed by atoms with E-state index in [1.807, 2.05) is 31.7 Å². The second-order valence-corrected chi connectivity index (χ2v) is 3.63. The van der Waals surface area contributed by atoms with Crippen LogP contribution in [0.5, 0.6) is 0 Å². The van der Waals surface area contributed by atoms with Gasteiger partial charge in [-0.3, -0.25) is 0 Å². The number of aromatic nitrogens is 3. The normalized spacial score (nSPS) is 10.4. The van der Waals surface area contributed by atoms with Gasteiger partial charge in [0.1, 0.15) is 11.6 Å². The fourth-order valence-electron chi connectivity index (χ4n) is 1.66. The first-order chi connectivity index (χ1) is 7.83. The van der Waals surface area contributed by atoms with Gasteiger partial charge in [-0.1, -0.05) is 13.0 Å². The summed E-state index contributed by atoms with van der Waals surface area (Å²) in [5, 5.41) is 3.01. The third-order valence-corrected chi connectivity index (χ3v) is 2.55. The Balaban J connectivity index is 2.14. The van der Waals surface area contributed by atoms with Crippen molar-refractivity contribution in [1.29, 1.82) is 0 Å². The molecule has 0 fully saturated rings. The fourth-order valence-corrected chi connectivity index (χ4v) is 1.66. The monoisotopic (exact) mass is 216 g/mol. The molecule has 0 aromatic carbocycles. The van der Waals surface area contributed by atoms with Crippen LogP contribution in [0.25, 0.3) is 0 Å². The molecule has 2 rings (SSSR count). The van der Waals surface area contributed by atoms with Crippen molar-refractivity contribution >= 4 is 5.82 Å². The molecule has 0 aliphatic rings. The Morgan fingerprint density at radius 1 is 1.31 bits per heavy atom. The van der Waals surface area contributed by atoms with Crippen LogP contribution in [0, 0.1) is 0 Å². The van der Waals surface area contributed by atoms with E-state index in [0.29, 0.717) is 0 Å². The molecule has 2 aromatic heterocycles. The lowest BCUT2D eigenvalue weighted by Gasteiger charge is -2.06. The minimum Gasteiger partial charge on any atom is -0.373 e. The van der Waals surface area contributed by atoms with Gasteiger partial charge in [-0.15, -0.1) is 0 Å². The van der Waals surface area contributed by atoms with Crippen LogP contribution in [0.15, 0.2) is 30.7 Å². The van der Waals surface area contributed by atoms with Crippen molar-refractivity contribution in [3.63, 3.8) is 0 Å². The Bertz CT molecular complexity index is 444. The average Bonchev–Trinajstić information content (AvgIpc) is 2.77. The van der Waals surface area contributed by atoms with Crippen molar-refractivity contribution in [2.24, 2.45) is 0 Å². The Morgan fingerprint density at radius 3 is 2.81 bits per heavy atom. The molecule has 0 amide bonds. The summed E-state index contributed by atoms with van der Waals surface area (Å²) in [5.74, 6) is 2.00. The van der Waals surface area contributed by atoms with Crippen LogP contribution in [0.1, 0.15) is 18.3 Å². The van der Waals surface area contributed by atoms with Crippen molar-refractivity contribution in [1.82, 2.24) is 14.5 Å². The van der Waals surface area contributed by atoms with Crippen LogP contribution >= 0.6 is 0 Å². The molecule has 0 spiro atoms. The first-order valence-electron chi connectivity index (χ1n) is 5.46. The van der Waals surface area contributed by atoms with Gasteiger partial charge < -0.3 is 9.88 Å². The standard InChI is InChI=1S/C12H16N4/c1-3-12-14-6-7-16(12)9-10-4-5-11(13-2)15-8-10/h4-8H,3,9H2,1-2H3,(H,13,15). The molecule has 0 saturated heterocycles. The third-order valence-electron chi connectivity index (χ3n) is 2.55. The van der Waals surface area contributed by atoms with E-state index in [2.05, 4.69) is 32.8 Å². The molecule has 2 aromatic rings. The van der Waals surface area contributed by atoms with Crippen LogP contribution in [-0.2, 0) is 13.0 Å². The van der Waals surface area contributed by atoms with Crippen molar-refractivity contribution < 1.29 is 0 Å². The van der Waals surface area contributed by atoms with Crippen LogP contribution in [0.3, 0.4) is 0 Å². The Kier molecular flexibility index (Phi) is 3.19. The molecular weight excluding hydrogens is 200 g/mol. The van der Waals surface area contributed by atoms with Gasteiger partial charge in [-0.05, 0) is 11.6 Å². The first-order valence-corrected chi connectivity index (χ1v) is 5.46. The smallest absolute Gasteiger partial charge is 0.125 e. The highest BCUT2D eigenvalue weighted by molar-refractivity contribution is 5.34. The SMILES string of the molecule is CCc1nccn1Cc1ccc(NC)nc1. The number of nitrogens with zero attached hydrogens (tertiary/aromatic N) is 3. The molecule has 0 aliphatic carbocycles. The number of anilines is 1. The zero-order valence-electron chi connectivity index (χ0n) is 9.64. The Labute approximate surface area is 95.4 Å². The fraction of sp³-hybridized carbons (Fsp3) is 0.333. The number of pyridine rings is 1. The van der Waals surface area contributed by atoms with Crippen molar-refractivity contribution in [3.05, 3.63) is 42.1 Å². The summed E-state index contributed by atoms with van der Waals surface area (Å²) in [5.41, 5.74) is 1.19. The molecule has 1 N–H and O–H groups in total. The quantitative estimate of drug-likeness (QED) is 0.849. The lowest BCUT2D eigenvalue weighted by atomic mass is 10.2. The summed E-state index contributed by atoms with van der Waals surface area (Å²) >= 11 is 0. The van der Waals surface area contributed by atoms with E-state index in [1.54, 1.807) is 0 Å². The van der Waals surface area contributed by atoms with E-state index in [-0.39, 0.29) is 0 Å². The highest BCUT2D eigenvalue weighted by Gasteiger charge is 2.01. The zero-order valence-corrected chi connectivity index (χ0v) is 9.64. The minimum absolute atomic E-state index is 0.833. The summed E-state index contributed by atoms with van der Waals surface area (Å²) in [6.45, 7) is 2.95. The number of aryl methyl sites for hydroxylation is 1. The van der Waals surface area contributed by atoms with Crippen molar-refractivity contribution in [2.75, 3.05) is 12.4 Å². The summed E-state index contributed by atoms with van der Waals surface area (Å²) in [4.78, 5) is 8.58. The number of hydrogen-bond donors (Lipinski definition) is 1. The number of nitrogens with one attached hydrogen (secondary N) is 1. The molecule has 0 bridgehead atoms. The summed E-state index contributed by atoms with van der Waals surface area (Å²) in [7, 11) is 1.87. The van der Waals surface area contributed by atoms with E-state index in [0.717, 1.165) is 24.6 Å². The lowest BCUT2D eigenvalue weighted by Crippen LogP contribution is -2.04. The van der Waals surface area contributed by atoms with Gasteiger partial charge in [0.2, 0.25) is 0 Å². The highest BCUT2D eigenvalue weighted by atomic mass is 15.1. The summed E-state index contributed by atoms with van der Waals surface area (Å²) in [6, 6.07) is 4.07.